The molecule has 5 heteroatoms. The van der Waals surface area contributed by atoms with Crippen LogP contribution in [0.15, 0.2) is 114 Å². The Morgan fingerprint density at radius 1 is 0.515 bits per heavy atom. The number of hydrogen-bond donors (Lipinski definition) is 0. The number of benzene rings is 3. The summed E-state index contributed by atoms with van der Waals surface area (Å²) < 4.78 is 2.14. The van der Waals surface area contributed by atoms with Gasteiger partial charge >= 0.3 is 5.49 Å². The zero-order valence-electron chi connectivity index (χ0n) is 17.8. The molecule has 3 heterocycles. The molecule has 0 aliphatic carbocycles. The van der Waals surface area contributed by atoms with E-state index in [0.29, 0.717) is 24.0 Å². The summed E-state index contributed by atoms with van der Waals surface area (Å²) in [6.07, 6.45) is 2.05. The van der Waals surface area contributed by atoms with Crippen molar-refractivity contribution in [2.45, 2.75) is 0 Å². The maximum absolute atomic E-state index is 4.91. The first-order chi connectivity index (χ1) is 16.4. The molecule has 0 N–H and O–H groups in total. The third kappa shape index (κ3) is 3.59. The largest absolute Gasteiger partial charge is 0.322 e. The number of nitrogens with zero attached hydrogens (tertiary/aromatic N) is 5. The van der Waals surface area contributed by atoms with Gasteiger partial charge in [-0.1, -0.05) is 96.0 Å². The first-order valence-corrected chi connectivity index (χ1v) is 10.9. The van der Waals surface area contributed by atoms with Gasteiger partial charge in [0, 0.05) is 28.3 Å². The highest BCUT2D eigenvalue weighted by atomic mass is 15.0. The molecular formula is C28H20N5+. The van der Waals surface area contributed by atoms with E-state index in [4.69, 9.17) is 19.9 Å². The lowest BCUT2D eigenvalue weighted by Gasteiger charge is -2.10. The van der Waals surface area contributed by atoms with Gasteiger partial charge in [0.25, 0.3) is 0 Å². The van der Waals surface area contributed by atoms with Crippen molar-refractivity contribution in [2.75, 3.05) is 6.54 Å². The van der Waals surface area contributed by atoms with Crippen molar-refractivity contribution in [1.82, 2.24) is 15.0 Å². The number of fused-ring (bicyclic) bond motifs is 1. The van der Waals surface area contributed by atoms with Gasteiger partial charge in [0.2, 0.25) is 0 Å². The number of pyridine rings is 1. The molecule has 0 bridgehead atoms. The fraction of sp³-hybridized carbons (Fsp3) is 0.0357. The van der Waals surface area contributed by atoms with Crippen LogP contribution in [0.5, 0.6) is 0 Å². The Balaban J connectivity index is 1.59. The third-order valence-electron chi connectivity index (χ3n) is 5.70. The van der Waals surface area contributed by atoms with Gasteiger partial charge in [-0.05, 0) is 6.07 Å². The van der Waals surface area contributed by atoms with E-state index in [2.05, 4.69) is 22.6 Å². The first kappa shape index (κ1) is 19.2. The molecule has 33 heavy (non-hydrogen) atoms. The van der Waals surface area contributed by atoms with Crippen LogP contribution in [0.1, 0.15) is 5.56 Å². The molecule has 5 nitrogen and oxygen atoms in total. The molecule has 3 aromatic carbocycles. The molecule has 1 aliphatic heterocycles. The summed E-state index contributed by atoms with van der Waals surface area (Å²) in [4.78, 5) is 19.3. The molecule has 0 saturated heterocycles. The molecule has 0 fully saturated rings. The lowest BCUT2D eigenvalue weighted by Crippen LogP contribution is -2.36. The molecule has 1 aliphatic rings. The highest BCUT2D eigenvalue weighted by molar-refractivity contribution is 5.69. The Kier molecular flexibility index (Phi) is 4.77. The molecule has 0 atom stereocenters. The number of hydrogen-bond acceptors (Lipinski definition) is 4. The fourth-order valence-electron chi connectivity index (χ4n) is 4.10. The van der Waals surface area contributed by atoms with Crippen LogP contribution in [0.25, 0.3) is 34.2 Å². The van der Waals surface area contributed by atoms with E-state index in [-0.39, 0.29) is 0 Å². The minimum absolute atomic E-state index is 0.614. The van der Waals surface area contributed by atoms with E-state index in [1.54, 1.807) is 0 Å². The predicted molar refractivity (Wildman–Crippen MR) is 127 cm³/mol. The van der Waals surface area contributed by atoms with Crippen LogP contribution in [0.2, 0.25) is 0 Å². The van der Waals surface area contributed by atoms with Gasteiger partial charge in [0.15, 0.2) is 29.7 Å². The smallest absolute Gasteiger partial charge is 0.208 e. The molecule has 156 valence electrons. The van der Waals surface area contributed by atoms with Gasteiger partial charge in [-0.3, -0.25) is 0 Å². The van der Waals surface area contributed by atoms with E-state index in [1.165, 1.54) is 0 Å². The van der Waals surface area contributed by atoms with Gasteiger partial charge in [0.05, 0.1) is 6.20 Å². The molecule has 2 aromatic heterocycles. The summed E-state index contributed by atoms with van der Waals surface area (Å²) in [5.74, 6) is 1.96. The van der Waals surface area contributed by atoms with E-state index in [1.807, 2.05) is 91.0 Å². The SMILES string of the molecule is c1ccc(-c2nc(-c3ccccc3)nc(-c3ccccc3C3=[n+]4ccccc4=NC3)n2)cc1. The zero-order valence-corrected chi connectivity index (χ0v) is 17.8. The summed E-state index contributed by atoms with van der Waals surface area (Å²) in [6.45, 7) is 0.614. The topological polar surface area (TPSA) is 56.9 Å². The van der Waals surface area contributed by atoms with Crippen LogP contribution in [-0.2, 0) is 0 Å². The zero-order chi connectivity index (χ0) is 22.0. The van der Waals surface area contributed by atoms with Crippen LogP contribution >= 0.6 is 0 Å². The van der Waals surface area contributed by atoms with Gasteiger partial charge in [-0.15, -0.1) is 0 Å². The van der Waals surface area contributed by atoms with Crippen LogP contribution in [-0.4, -0.2) is 21.5 Å². The summed E-state index contributed by atoms with van der Waals surface area (Å²) in [5.41, 5.74) is 6.01. The molecule has 0 spiro atoms. The van der Waals surface area contributed by atoms with Crippen LogP contribution < -0.4 is 9.73 Å². The van der Waals surface area contributed by atoms with E-state index >= 15 is 0 Å². The summed E-state index contributed by atoms with van der Waals surface area (Å²) >= 11 is 0. The molecule has 0 radical (unpaired) electrons. The van der Waals surface area contributed by atoms with Crippen molar-refractivity contribution in [3.63, 3.8) is 0 Å². The Labute approximate surface area is 191 Å². The van der Waals surface area contributed by atoms with Gasteiger partial charge in [-0.2, -0.15) is 4.24 Å². The van der Waals surface area contributed by atoms with Crippen LogP contribution in [0.4, 0.5) is 0 Å². The van der Waals surface area contributed by atoms with E-state index < -0.39 is 0 Å². The van der Waals surface area contributed by atoms with Crippen molar-refractivity contribution in [2.24, 2.45) is 4.99 Å². The average molecular weight is 427 g/mol. The maximum atomic E-state index is 4.91. The lowest BCUT2D eigenvalue weighted by molar-refractivity contribution is -0.532. The maximum Gasteiger partial charge on any atom is 0.322 e. The first-order valence-electron chi connectivity index (χ1n) is 10.9. The summed E-state index contributed by atoms with van der Waals surface area (Å²) in [7, 11) is 0. The molecule has 0 amide bonds. The second kappa shape index (κ2) is 8.20. The molecule has 6 rings (SSSR count). The Morgan fingerprint density at radius 3 is 1.73 bits per heavy atom. The van der Waals surface area contributed by atoms with Crippen molar-refractivity contribution < 1.29 is 4.24 Å². The monoisotopic (exact) mass is 426 g/mol. The predicted octanol–water partition coefficient (Wildman–Crippen LogP) is 4.22. The van der Waals surface area contributed by atoms with Crippen molar-refractivity contribution in [1.29, 1.82) is 0 Å². The standard InChI is InChI=1S/C28H20N5/c1-3-11-20(12-4-1)26-30-27(21-13-5-2-6-14-21)32-28(31-26)23-16-8-7-15-22(23)24-19-29-25-17-9-10-18-33(24)25/h1-18H,19H2/q+1. The molecule has 5 aromatic rings. The van der Waals surface area contributed by atoms with Gasteiger partial charge in [-0.25, -0.2) is 15.0 Å². The van der Waals surface area contributed by atoms with Gasteiger partial charge in [0.1, 0.15) is 0 Å². The number of rotatable bonds is 4. The minimum atomic E-state index is 0.614. The second-order valence-corrected chi connectivity index (χ2v) is 7.78. The van der Waals surface area contributed by atoms with Crippen molar-refractivity contribution in [3.05, 3.63) is 126 Å². The van der Waals surface area contributed by atoms with E-state index in [9.17, 15) is 0 Å². The minimum Gasteiger partial charge on any atom is -0.208 e. The van der Waals surface area contributed by atoms with Gasteiger partial charge < -0.3 is 0 Å². The Morgan fingerprint density at radius 2 is 1.06 bits per heavy atom. The fourth-order valence-corrected chi connectivity index (χ4v) is 4.10. The quantitative estimate of drug-likeness (QED) is 0.404. The van der Waals surface area contributed by atoms with Crippen LogP contribution in [0.3, 0.4) is 0 Å². The Hall–Kier alpha value is -4.51. The van der Waals surface area contributed by atoms with Crippen LogP contribution in [0, 0.1) is 5.71 Å². The molecular weight excluding hydrogens is 406 g/mol. The lowest BCUT2D eigenvalue weighted by atomic mass is 10.0. The Bertz CT molecular complexity index is 1520. The van der Waals surface area contributed by atoms with Crippen molar-refractivity contribution in [3.8, 4) is 34.2 Å². The third-order valence-corrected chi connectivity index (χ3v) is 5.70. The highest BCUT2D eigenvalue weighted by Crippen LogP contribution is 2.28. The normalized spacial score (nSPS) is 12.3. The second-order valence-electron chi connectivity index (χ2n) is 7.78. The molecule has 0 unspecified atom stereocenters. The highest BCUT2D eigenvalue weighted by Gasteiger charge is 2.22. The number of aromatic nitrogens is 4. The summed E-state index contributed by atoms with van der Waals surface area (Å²) in [5, 5.41) is 0. The average Bonchev–Trinajstić information content (AvgIpc) is 3.33. The van der Waals surface area contributed by atoms with E-state index in [0.717, 1.165) is 33.5 Å². The molecule has 0 saturated carbocycles. The van der Waals surface area contributed by atoms with Crippen molar-refractivity contribution >= 4 is 0 Å². The summed E-state index contributed by atoms with van der Waals surface area (Å²) in [6, 6.07) is 34.4.